The van der Waals surface area contributed by atoms with Crippen molar-refractivity contribution in [2.24, 2.45) is 11.8 Å². The lowest BCUT2D eigenvalue weighted by Gasteiger charge is -2.33. The van der Waals surface area contributed by atoms with Crippen LogP contribution in [0.15, 0.2) is 66.9 Å². The van der Waals surface area contributed by atoms with Gasteiger partial charge in [-0.2, -0.15) is 0 Å². The number of aryl methyl sites for hydroxylation is 2. The predicted molar refractivity (Wildman–Crippen MR) is 138 cm³/mol. The highest BCUT2D eigenvalue weighted by Gasteiger charge is 2.47. The van der Waals surface area contributed by atoms with Crippen LogP contribution in [0, 0.1) is 31.5 Å². The molecule has 2 aromatic carbocycles. The van der Waals surface area contributed by atoms with Crippen LogP contribution in [0.5, 0.6) is 0 Å². The number of halogens is 1. The number of hydrogen-bond donors (Lipinski definition) is 2. The number of amides is 2. The standard InChI is InChI=1S/C29H31FN4O2/c1-18-7-5-9-23(13-18)34(26(35)17-32-28-25(30)11-6-12-31-28)27(24-10-4-3-8-19(24)2)29(36)33-22-15-20-14-21(20)16-22/h3-13,20-22,27H,14-17H2,1-2H3,(H,31,32)(H,33,36). The van der Waals surface area contributed by atoms with Gasteiger partial charge in [-0.1, -0.05) is 36.4 Å². The number of carbonyl (C=O) groups excluding carboxylic acids is 2. The fourth-order valence-corrected chi connectivity index (χ4v) is 5.38. The molecule has 2 N–H and O–H groups in total. The van der Waals surface area contributed by atoms with E-state index in [0.717, 1.165) is 41.4 Å². The number of aromatic nitrogens is 1. The van der Waals surface area contributed by atoms with Crippen molar-refractivity contribution in [1.29, 1.82) is 0 Å². The first-order chi connectivity index (χ1) is 17.4. The summed E-state index contributed by atoms with van der Waals surface area (Å²) in [5.74, 6) is 0.341. The molecule has 186 valence electrons. The van der Waals surface area contributed by atoms with Gasteiger partial charge in [0.05, 0.1) is 6.54 Å². The molecule has 0 aliphatic heterocycles. The number of hydrogen-bond acceptors (Lipinski definition) is 4. The van der Waals surface area contributed by atoms with Gasteiger partial charge in [-0.15, -0.1) is 0 Å². The van der Waals surface area contributed by atoms with E-state index in [1.165, 1.54) is 29.7 Å². The molecule has 1 heterocycles. The molecule has 3 atom stereocenters. The molecule has 6 nitrogen and oxygen atoms in total. The zero-order valence-electron chi connectivity index (χ0n) is 20.6. The summed E-state index contributed by atoms with van der Waals surface area (Å²) in [5.41, 5.74) is 3.26. The second-order valence-electron chi connectivity index (χ2n) is 9.98. The Kier molecular flexibility index (Phi) is 6.72. The van der Waals surface area contributed by atoms with Gasteiger partial charge in [-0.25, -0.2) is 9.37 Å². The SMILES string of the molecule is Cc1cccc(N(C(=O)CNc2ncccc2F)C(C(=O)NC2CC3CC3C2)c2ccccc2C)c1. The van der Waals surface area contributed by atoms with E-state index in [2.05, 4.69) is 15.6 Å². The van der Waals surface area contributed by atoms with Gasteiger partial charge in [0.15, 0.2) is 11.6 Å². The van der Waals surface area contributed by atoms with Gasteiger partial charge in [0.2, 0.25) is 11.8 Å². The molecule has 5 rings (SSSR count). The number of pyridine rings is 1. The third-order valence-electron chi connectivity index (χ3n) is 7.29. The highest BCUT2D eigenvalue weighted by atomic mass is 19.1. The molecule has 2 saturated carbocycles. The first-order valence-electron chi connectivity index (χ1n) is 12.5. The van der Waals surface area contributed by atoms with Gasteiger partial charge in [-0.05, 0) is 85.9 Å². The minimum Gasteiger partial charge on any atom is -0.359 e. The summed E-state index contributed by atoms with van der Waals surface area (Å²) >= 11 is 0. The van der Waals surface area contributed by atoms with Crippen LogP contribution < -0.4 is 15.5 Å². The minimum atomic E-state index is -0.868. The maximum absolute atomic E-state index is 14.2. The maximum atomic E-state index is 14.2. The summed E-state index contributed by atoms with van der Waals surface area (Å²) < 4.78 is 14.2. The van der Waals surface area contributed by atoms with Crippen LogP contribution >= 0.6 is 0 Å². The Hall–Kier alpha value is -3.74. The molecular weight excluding hydrogens is 455 g/mol. The Balaban J connectivity index is 1.50. The number of benzene rings is 2. The van der Waals surface area contributed by atoms with Crippen LogP contribution in [-0.4, -0.2) is 29.4 Å². The van der Waals surface area contributed by atoms with E-state index in [4.69, 9.17) is 0 Å². The van der Waals surface area contributed by atoms with E-state index < -0.39 is 11.9 Å². The Bertz CT molecular complexity index is 1270. The second-order valence-corrected chi connectivity index (χ2v) is 9.98. The third-order valence-corrected chi connectivity index (χ3v) is 7.29. The molecule has 2 aliphatic rings. The van der Waals surface area contributed by atoms with Gasteiger partial charge in [0.25, 0.3) is 0 Å². The summed E-state index contributed by atoms with van der Waals surface area (Å²) in [7, 11) is 0. The van der Waals surface area contributed by atoms with E-state index in [1.54, 1.807) is 0 Å². The number of nitrogens with zero attached hydrogens (tertiary/aromatic N) is 2. The molecule has 0 spiro atoms. The lowest BCUT2D eigenvalue weighted by molar-refractivity contribution is -0.126. The molecule has 0 radical (unpaired) electrons. The molecule has 0 saturated heterocycles. The Morgan fingerprint density at radius 3 is 2.53 bits per heavy atom. The smallest absolute Gasteiger partial charge is 0.248 e. The number of carbonyl (C=O) groups is 2. The second kappa shape index (κ2) is 10.1. The Morgan fingerprint density at radius 2 is 1.81 bits per heavy atom. The lowest BCUT2D eigenvalue weighted by Crippen LogP contribution is -2.48. The molecule has 0 bridgehead atoms. The Labute approximate surface area is 210 Å². The molecule has 1 aromatic heterocycles. The highest BCUT2D eigenvalue weighted by Crippen LogP contribution is 2.51. The molecule has 2 fully saturated rings. The summed E-state index contributed by atoms with van der Waals surface area (Å²) in [6, 6.07) is 17.2. The summed E-state index contributed by atoms with van der Waals surface area (Å²) in [6.45, 7) is 3.67. The molecule has 7 heteroatoms. The van der Waals surface area contributed by atoms with E-state index in [9.17, 15) is 14.0 Å². The van der Waals surface area contributed by atoms with Gasteiger partial charge >= 0.3 is 0 Å². The van der Waals surface area contributed by atoms with E-state index in [1.807, 2.05) is 62.4 Å². The van der Waals surface area contributed by atoms with Crippen LogP contribution in [-0.2, 0) is 9.59 Å². The maximum Gasteiger partial charge on any atom is 0.248 e. The van der Waals surface area contributed by atoms with Crippen molar-refractivity contribution in [2.75, 3.05) is 16.8 Å². The third kappa shape index (κ3) is 5.10. The highest BCUT2D eigenvalue weighted by molar-refractivity contribution is 6.03. The average molecular weight is 487 g/mol. The minimum absolute atomic E-state index is 0.00267. The Morgan fingerprint density at radius 1 is 1.03 bits per heavy atom. The number of nitrogens with one attached hydrogen (secondary N) is 2. The summed E-state index contributed by atoms with van der Waals surface area (Å²) in [5, 5.41) is 6.06. The van der Waals surface area contributed by atoms with Crippen LogP contribution in [0.25, 0.3) is 0 Å². The summed E-state index contributed by atoms with van der Waals surface area (Å²) in [4.78, 5) is 33.2. The van der Waals surface area contributed by atoms with Crippen molar-refractivity contribution in [1.82, 2.24) is 10.3 Å². The largest absolute Gasteiger partial charge is 0.359 e. The van der Waals surface area contributed by atoms with Crippen LogP contribution in [0.1, 0.15) is 42.0 Å². The van der Waals surface area contributed by atoms with Gasteiger partial charge in [-0.3, -0.25) is 14.5 Å². The average Bonchev–Trinajstić information content (AvgIpc) is 3.47. The first kappa shape index (κ1) is 24.0. The van der Waals surface area contributed by atoms with E-state index >= 15 is 0 Å². The lowest BCUT2D eigenvalue weighted by atomic mass is 9.97. The normalized spacial score (nSPS) is 20.8. The monoisotopic (exact) mass is 486 g/mol. The number of fused-ring (bicyclic) bond motifs is 1. The van der Waals surface area contributed by atoms with Gasteiger partial charge in [0.1, 0.15) is 6.04 Å². The fourth-order valence-electron chi connectivity index (χ4n) is 5.38. The van der Waals surface area contributed by atoms with Crippen molar-refractivity contribution >= 4 is 23.3 Å². The molecule has 2 amide bonds. The first-order valence-corrected chi connectivity index (χ1v) is 12.5. The van der Waals surface area contributed by atoms with E-state index in [-0.39, 0.29) is 30.2 Å². The fraction of sp³-hybridized carbons (Fsp3) is 0.345. The van der Waals surface area contributed by atoms with Crippen LogP contribution in [0.3, 0.4) is 0 Å². The molecule has 36 heavy (non-hydrogen) atoms. The van der Waals surface area contributed by atoms with E-state index in [0.29, 0.717) is 5.69 Å². The van der Waals surface area contributed by atoms with Gasteiger partial charge in [0, 0.05) is 17.9 Å². The predicted octanol–water partition coefficient (Wildman–Crippen LogP) is 4.94. The van der Waals surface area contributed by atoms with Crippen LogP contribution in [0.4, 0.5) is 15.9 Å². The van der Waals surface area contributed by atoms with Crippen LogP contribution in [0.2, 0.25) is 0 Å². The number of rotatable bonds is 8. The van der Waals surface area contributed by atoms with Crippen molar-refractivity contribution in [3.05, 3.63) is 89.4 Å². The number of anilines is 2. The van der Waals surface area contributed by atoms with Gasteiger partial charge < -0.3 is 10.6 Å². The zero-order chi connectivity index (χ0) is 25.2. The molecular formula is C29H31FN4O2. The van der Waals surface area contributed by atoms with Crippen molar-refractivity contribution in [3.63, 3.8) is 0 Å². The summed E-state index contributed by atoms with van der Waals surface area (Å²) in [6.07, 6.45) is 4.72. The van der Waals surface area contributed by atoms with Crippen molar-refractivity contribution in [3.8, 4) is 0 Å². The van der Waals surface area contributed by atoms with Crippen molar-refractivity contribution in [2.45, 2.75) is 45.2 Å². The topological polar surface area (TPSA) is 74.3 Å². The molecule has 2 aliphatic carbocycles. The zero-order valence-corrected chi connectivity index (χ0v) is 20.6. The quantitative estimate of drug-likeness (QED) is 0.473. The molecule has 3 aromatic rings. The van der Waals surface area contributed by atoms with Crippen molar-refractivity contribution < 1.29 is 14.0 Å². The molecule has 3 unspecified atom stereocenters.